The van der Waals surface area contributed by atoms with Gasteiger partial charge >= 0.3 is 0 Å². The second-order valence-electron chi connectivity index (χ2n) is 3.88. The molecule has 0 amide bonds. The minimum atomic E-state index is 0.152. The quantitative estimate of drug-likeness (QED) is 0.476. The van der Waals surface area contributed by atoms with Crippen molar-refractivity contribution in [1.82, 2.24) is 0 Å². The first-order valence-corrected chi connectivity index (χ1v) is 7.20. The van der Waals surface area contributed by atoms with Crippen LogP contribution in [0.1, 0.15) is 26.7 Å². The van der Waals surface area contributed by atoms with E-state index in [1.165, 1.54) is 12.2 Å². The highest BCUT2D eigenvalue weighted by Crippen LogP contribution is 2.35. The van der Waals surface area contributed by atoms with Gasteiger partial charge in [0.15, 0.2) is 0 Å². The molecule has 0 aliphatic carbocycles. The van der Waals surface area contributed by atoms with Crippen LogP contribution in [0.5, 0.6) is 0 Å². The highest BCUT2D eigenvalue weighted by molar-refractivity contribution is 7.98. The summed E-state index contributed by atoms with van der Waals surface area (Å²) in [7, 11) is 0. The zero-order valence-corrected chi connectivity index (χ0v) is 11.1. The molecular formula is C10H20Cl2S. The summed E-state index contributed by atoms with van der Waals surface area (Å²) in [5.74, 6) is 3.15. The summed E-state index contributed by atoms with van der Waals surface area (Å²) < 4.78 is 0. The molecule has 0 aromatic carbocycles. The number of hydrogen-bond donors (Lipinski definition) is 0. The Bertz CT molecular complexity index is 122. The highest BCUT2D eigenvalue weighted by atomic mass is 35.5. The molecule has 0 bridgehead atoms. The molecule has 0 unspecified atom stereocenters. The second kappa shape index (κ2) is 7.25. The molecule has 0 aliphatic heterocycles. The van der Waals surface area contributed by atoms with Crippen LogP contribution in [0.2, 0.25) is 0 Å². The van der Waals surface area contributed by atoms with Crippen LogP contribution in [0, 0.1) is 11.3 Å². The van der Waals surface area contributed by atoms with E-state index in [2.05, 4.69) is 20.1 Å². The van der Waals surface area contributed by atoms with Crippen molar-refractivity contribution in [3.05, 3.63) is 0 Å². The normalized spacial score (nSPS) is 12.5. The molecule has 0 aliphatic rings. The van der Waals surface area contributed by atoms with E-state index in [0.29, 0.717) is 17.7 Å². The van der Waals surface area contributed by atoms with Crippen molar-refractivity contribution in [2.45, 2.75) is 26.7 Å². The number of alkyl halides is 2. The number of rotatable bonds is 7. The lowest BCUT2D eigenvalue weighted by Gasteiger charge is -2.33. The topological polar surface area (TPSA) is 0 Å². The van der Waals surface area contributed by atoms with Gasteiger partial charge in [-0.25, -0.2) is 0 Å². The van der Waals surface area contributed by atoms with E-state index >= 15 is 0 Å². The number of halogens is 2. The third-order valence-electron chi connectivity index (χ3n) is 2.78. The lowest BCUT2D eigenvalue weighted by Crippen LogP contribution is -2.31. The summed E-state index contributed by atoms with van der Waals surface area (Å²) in [5.41, 5.74) is 0.152. The Morgan fingerprint density at radius 2 is 1.77 bits per heavy atom. The van der Waals surface area contributed by atoms with Crippen molar-refractivity contribution in [3.63, 3.8) is 0 Å². The Kier molecular flexibility index (Phi) is 7.77. The molecule has 0 heterocycles. The van der Waals surface area contributed by atoms with E-state index in [1.54, 1.807) is 0 Å². The van der Waals surface area contributed by atoms with E-state index in [1.807, 2.05) is 11.8 Å². The van der Waals surface area contributed by atoms with Gasteiger partial charge in [-0.05, 0) is 36.2 Å². The van der Waals surface area contributed by atoms with Gasteiger partial charge in [0.05, 0.1) is 0 Å². The summed E-state index contributed by atoms with van der Waals surface area (Å²) in [6.07, 6.45) is 4.51. The molecule has 80 valence electrons. The van der Waals surface area contributed by atoms with Crippen LogP contribution in [0.4, 0.5) is 0 Å². The summed E-state index contributed by atoms with van der Waals surface area (Å²) in [6, 6.07) is 0. The maximum atomic E-state index is 6.01. The van der Waals surface area contributed by atoms with Gasteiger partial charge in [-0.1, -0.05) is 13.8 Å². The Labute approximate surface area is 96.8 Å². The Hall–Kier alpha value is 0.930. The average molecular weight is 243 g/mol. The lowest BCUT2D eigenvalue weighted by atomic mass is 9.77. The first kappa shape index (κ1) is 13.9. The molecule has 0 rings (SSSR count). The fraction of sp³-hybridized carbons (Fsp3) is 1.00. The smallest absolute Gasteiger partial charge is 0.0293 e. The van der Waals surface area contributed by atoms with Crippen molar-refractivity contribution in [3.8, 4) is 0 Å². The van der Waals surface area contributed by atoms with Crippen molar-refractivity contribution < 1.29 is 0 Å². The van der Waals surface area contributed by atoms with Crippen molar-refractivity contribution >= 4 is 35.0 Å². The summed E-state index contributed by atoms with van der Waals surface area (Å²) in [5, 5.41) is 0. The molecule has 0 aromatic rings. The van der Waals surface area contributed by atoms with E-state index < -0.39 is 0 Å². The zero-order chi connectivity index (χ0) is 10.3. The van der Waals surface area contributed by atoms with E-state index in [0.717, 1.165) is 6.42 Å². The molecule has 13 heavy (non-hydrogen) atoms. The minimum Gasteiger partial charge on any atom is -0.165 e. The first-order valence-electron chi connectivity index (χ1n) is 4.74. The molecule has 0 saturated carbocycles. The van der Waals surface area contributed by atoms with Crippen LogP contribution in [0.15, 0.2) is 0 Å². The van der Waals surface area contributed by atoms with Crippen LogP contribution in [-0.4, -0.2) is 23.8 Å². The van der Waals surface area contributed by atoms with Gasteiger partial charge in [0.2, 0.25) is 0 Å². The third-order valence-corrected chi connectivity index (χ3v) is 4.54. The van der Waals surface area contributed by atoms with E-state index in [-0.39, 0.29) is 5.41 Å². The standard InChI is InChI=1S/C10H20Cl2S/c1-9(2)10(7-11,8-12)5-4-6-13-3/h9H,4-8H2,1-3H3. The van der Waals surface area contributed by atoms with Crippen LogP contribution >= 0.6 is 35.0 Å². The fourth-order valence-corrected chi connectivity index (χ4v) is 2.94. The van der Waals surface area contributed by atoms with Crippen LogP contribution in [0.25, 0.3) is 0 Å². The largest absolute Gasteiger partial charge is 0.165 e. The van der Waals surface area contributed by atoms with Gasteiger partial charge in [0.25, 0.3) is 0 Å². The minimum absolute atomic E-state index is 0.152. The molecule has 0 radical (unpaired) electrons. The predicted octanol–water partition coefficient (Wildman–Crippen LogP) is 4.25. The molecule has 0 spiro atoms. The first-order chi connectivity index (χ1) is 6.13. The summed E-state index contributed by atoms with van der Waals surface area (Å²) >= 11 is 13.9. The molecule has 0 nitrogen and oxygen atoms in total. The van der Waals surface area contributed by atoms with Gasteiger partial charge in [0, 0.05) is 11.8 Å². The molecule has 0 N–H and O–H groups in total. The summed E-state index contributed by atoms with van der Waals surface area (Å²) in [4.78, 5) is 0. The maximum absolute atomic E-state index is 6.01. The van der Waals surface area contributed by atoms with E-state index in [9.17, 15) is 0 Å². The third kappa shape index (κ3) is 4.31. The molecular weight excluding hydrogens is 223 g/mol. The Balaban J connectivity index is 4.06. The van der Waals surface area contributed by atoms with Gasteiger partial charge in [-0.2, -0.15) is 11.8 Å². The number of thioether (sulfide) groups is 1. The molecule has 0 aromatic heterocycles. The monoisotopic (exact) mass is 242 g/mol. The average Bonchev–Trinajstić information content (AvgIpc) is 2.13. The van der Waals surface area contributed by atoms with Crippen LogP contribution < -0.4 is 0 Å². The summed E-state index contributed by atoms with van der Waals surface area (Å²) in [6.45, 7) is 4.42. The Morgan fingerprint density at radius 3 is 2.08 bits per heavy atom. The molecule has 3 heteroatoms. The van der Waals surface area contributed by atoms with Crippen LogP contribution in [-0.2, 0) is 0 Å². The fourth-order valence-electron chi connectivity index (χ4n) is 1.34. The molecule has 0 fully saturated rings. The van der Waals surface area contributed by atoms with Crippen LogP contribution in [0.3, 0.4) is 0 Å². The number of hydrogen-bond acceptors (Lipinski definition) is 1. The zero-order valence-electron chi connectivity index (χ0n) is 8.78. The second-order valence-corrected chi connectivity index (χ2v) is 5.40. The van der Waals surface area contributed by atoms with Gasteiger partial charge in [0.1, 0.15) is 0 Å². The van der Waals surface area contributed by atoms with Gasteiger partial charge < -0.3 is 0 Å². The maximum Gasteiger partial charge on any atom is 0.0293 e. The van der Waals surface area contributed by atoms with Gasteiger partial charge in [-0.15, -0.1) is 23.2 Å². The van der Waals surface area contributed by atoms with Gasteiger partial charge in [-0.3, -0.25) is 0 Å². The van der Waals surface area contributed by atoms with E-state index in [4.69, 9.17) is 23.2 Å². The van der Waals surface area contributed by atoms with Crippen molar-refractivity contribution in [2.24, 2.45) is 11.3 Å². The van der Waals surface area contributed by atoms with Crippen molar-refractivity contribution in [2.75, 3.05) is 23.8 Å². The molecule has 0 atom stereocenters. The lowest BCUT2D eigenvalue weighted by molar-refractivity contribution is 0.238. The molecule has 0 saturated heterocycles. The Morgan fingerprint density at radius 1 is 1.23 bits per heavy atom. The SMILES string of the molecule is CSCCCC(CCl)(CCl)C(C)C. The predicted molar refractivity (Wildman–Crippen MR) is 66.3 cm³/mol. The highest BCUT2D eigenvalue weighted by Gasteiger charge is 2.31. The van der Waals surface area contributed by atoms with Crippen molar-refractivity contribution in [1.29, 1.82) is 0 Å².